The Morgan fingerprint density at radius 3 is 1.59 bits per heavy atom. The van der Waals surface area contributed by atoms with Gasteiger partial charge in [-0.25, -0.2) is 4.79 Å². The molecule has 1 N–H and O–H groups in total. The van der Waals surface area contributed by atoms with E-state index in [-0.39, 0.29) is 6.03 Å². The molecule has 4 nitrogen and oxygen atoms in total. The first-order valence-electron chi connectivity index (χ1n) is 14.2. The van der Waals surface area contributed by atoms with Gasteiger partial charge < -0.3 is 15.1 Å². The molecule has 2 amide bonds. The molecule has 6 rings (SSSR count). The molecule has 41 heavy (non-hydrogen) atoms. The summed E-state index contributed by atoms with van der Waals surface area (Å²) in [5.74, 6) is 0. The van der Waals surface area contributed by atoms with Crippen LogP contribution in [0, 0.1) is 0 Å². The van der Waals surface area contributed by atoms with E-state index < -0.39 is 13.2 Å². The Morgan fingerprint density at radius 1 is 0.659 bits per heavy atom. The van der Waals surface area contributed by atoms with Crippen LogP contribution in [0.15, 0.2) is 152 Å². The quantitative estimate of drug-likeness (QED) is 0.197. The fraction of sp³-hybridized carbons (Fsp3) is 0.139. The second-order valence-corrected chi connectivity index (χ2v) is 12.8. The molecule has 5 heteroatoms. The highest BCUT2D eigenvalue weighted by Gasteiger charge is 2.51. The molecule has 0 spiro atoms. The van der Waals surface area contributed by atoms with Crippen molar-refractivity contribution in [2.24, 2.45) is 0 Å². The average Bonchev–Trinajstić information content (AvgIpc) is 3.46. The predicted octanol–water partition coefficient (Wildman–Crippen LogP) is 7.98. The highest BCUT2D eigenvalue weighted by molar-refractivity contribution is 7.74. The minimum absolute atomic E-state index is 0.0471. The lowest BCUT2D eigenvalue weighted by atomic mass is 10.1. The number of benzene rings is 5. The summed E-state index contributed by atoms with van der Waals surface area (Å²) >= 11 is 0. The first-order chi connectivity index (χ1) is 20.2. The summed E-state index contributed by atoms with van der Waals surface area (Å²) < 4.78 is 0. The van der Waals surface area contributed by atoms with E-state index in [0.29, 0.717) is 13.1 Å². The van der Waals surface area contributed by atoms with Crippen molar-refractivity contribution in [3.63, 3.8) is 0 Å². The van der Waals surface area contributed by atoms with Crippen molar-refractivity contribution in [3.05, 3.63) is 152 Å². The number of urea groups is 1. The lowest BCUT2D eigenvalue weighted by Gasteiger charge is -2.48. The molecule has 0 aliphatic carbocycles. The highest BCUT2D eigenvalue weighted by atomic mass is 31.1. The van der Waals surface area contributed by atoms with Crippen molar-refractivity contribution >= 4 is 41.6 Å². The molecule has 1 aliphatic heterocycles. The fourth-order valence-corrected chi connectivity index (χ4v) is 9.22. The van der Waals surface area contributed by atoms with Gasteiger partial charge in [-0.2, -0.15) is 0 Å². The van der Waals surface area contributed by atoms with Crippen LogP contribution in [0.3, 0.4) is 0 Å². The van der Waals surface area contributed by atoms with Crippen molar-refractivity contribution in [1.29, 1.82) is 0 Å². The Hall–Kier alpha value is -4.40. The van der Waals surface area contributed by atoms with Crippen molar-refractivity contribution in [3.8, 4) is 0 Å². The number of carbonyl (C=O) groups is 1. The maximum atomic E-state index is 14.3. The van der Waals surface area contributed by atoms with E-state index in [1.165, 1.54) is 10.6 Å². The van der Waals surface area contributed by atoms with E-state index in [4.69, 9.17) is 0 Å². The molecule has 0 unspecified atom stereocenters. The first kappa shape index (κ1) is 26.8. The molecule has 5 aromatic rings. The zero-order valence-electron chi connectivity index (χ0n) is 23.0. The molecule has 0 aromatic heterocycles. The van der Waals surface area contributed by atoms with Crippen LogP contribution in [0.5, 0.6) is 0 Å². The molecule has 1 fully saturated rings. The van der Waals surface area contributed by atoms with Gasteiger partial charge in [-0.1, -0.05) is 115 Å². The Labute approximate surface area is 244 Å². The molecule has 204 valence electrons. The highest BCUT2D eigenvalue weighted by Crippen LogP contribution is 2.56. The second-order valence-electron chi connectivity index (χ2n) is 10.3. The molecule has 1 saturated heterocycles. The van der Waals surface area contributed by atoms with E-state index in [1.54, 1.807) is 0 Å². The number of hydrogen-bond acceptors (Lipinski definition) is 2. The third kappa shape index (κ3) is 5.75. The number of likely N-dealkylation sites (tertiary alicyclic amines) is 1. The fourth-order valence-electron chi connectivity index (χ4n) is 5.92. The van der Waals surface area contributed by atoms with Crippen LogP contribution >= 0.6 is 7.92 Å². The number of nitrogens with one attached hydrogen (secondary N) is 1. The minimum atomic E-state index is -0.972. The maximum Gasteiger partial charge on any atom is 0.322 e. The van der Waals surface area contributed by atoms with Crippen LogP contribution in [0.1, 0.15) is 12.8 Å². The molecule has 1 aliphatic rings. The van der Waals surface area contributed by atoms with Crippen LogP contribution in [0.4, 0.5) is 21.9 Å². The minimum Gasteiger partial charge on any atom is -0.339 e. The third-order valence-corrected chi connectivity index (χ3v) is 10.8. The topological polar surface area (TPSA) is 35.6 Å². The Kier molecular flexibility index (Phi) is 8.11. The largest absolute Gasteiger partial charge is 0.339 e. The van der Waals surface area contributed by atoms with Gasteiger partial charge in [-0.05, 0) is 67.8 Å². The van der Waals surface area contributed by atoms with Crippen molar-refractivity contribution in [2.75, 3.05) is 23.3 Å². The Morgan fingerprint density at radius 2 is 1.10 bits per heavy atom. The van der Waals surface area contributed by atoms with Crippen molar-refractivity contribution in [1.82, 2.24) is 4.90 Å². The van der Waals surface area contributed by atoms with Gasteiger partial charge in [0.1, 0.15) is 0 Å². The van der Waals surface area contributed by atoms with E-state index in [0.717, 1.165) is 29.9 Å². The lowest BCUT2D eigenvalue weighted by molar-refractivity contribution is 0.198. The lowest BCUT2D eigenvalue weighted by Crippen LogP contribution is -2.56. The SMILES string of the molecule is O=C(Nc1ccccc1)N1CCC[C@]1(CN(c1ccccc1)c1ccccc1)P(c1ccccc1)c1ccccc1. The number of carbonyl (C=O) groups excluding carboxylic acids is 1. The molecular formula is C36H34N3OP. The zero-order valence-corrected chi connectivity index (χ0v) is 23.9. The molecule has 1 heterocycles. The van der Waals surface area contributed by atoms with E-state index >= 15 is 0 Å². The van der Waals surface area contributed by atoms with Crippen LogP contribution in [-0.4, -0.2) is 29.3 Å². The molecular weight excluding hydrogens is 521 g/mol. The van der Waals surface area contributed by atoms with Gasteiger partial charge in [0.25, 0.3) is 0 Å². The number of amides is 2. The standard InChI is InChI=1S/C36H34N3OP/c40-35(37-30-17-6-1-7-18-30)39-28-16-27-36(39,41(33-23-12-4-13-24-33)34-25-14-5-15-26-34)29-38(31-19-8-2-9-20-31)32-21-10-3-11-22-32/h1-15,17-26H,16,27-29H2,(H,37,40)/t36-/m1/s1. The number of para-hydroxylation sites is 3. The van der Waals surface area contributed by atoms with Gasteiger partial charge in [-0.3, -0.25) is 0 Å². The van der Waals surface area contributed by atoms with Crippen LogP contribution in [-0.2, 0) is 0 Å². The van der Waals surface area contributed by atoms with E-state index in [1.807, 2.05) is 30.3 Å². The second kappa shape index (κ2) is 12.4. The number of anilines is 3. The van der Waals surface area contributed by atoms with Gasteiger partial charge >= 0.3 is 6.03 Å². The Balaban J connectivity index is 1.53. The van der Waals surface area contributed by atoms with Gasteiger partial charge in [-0.15, -0.1) is 0 Å². The number of nitrogens with zero attached hydrogens (tertiary/aromatic N) is 2. The predicted molar refractivity (Wildman–Crippen MR) is 173 cm³/mol. The summed E-state index contributed by atoms with van der Waals surface area (Å²) in [4.78, 5) is 18.8. The van der Waals surface area contributed by atoms with E-state index in [2.05, 4.69) is 136 Å². The molecule has 0 bridgehead atoms. The summed E-state index contributed by atoms with van der Waals surface area (Å²) in [7, 11) is -0.972. The maximum absolute atomic E-state index is 14.3. The Bertz CT molecular complexity index is 1460. The number of rotatable bonds is 8. The van der Waals surface area contributed by atoms with Gasteiger partial charge in [0.15, 0.2) is 0 Å². The van der Waals surface area contributed by atoms with E-state index in [9.17, 15) is 4.79 Å². The summed E-state index contributed by atoms with van der Waals surface area (Å²) in [6, 6.07) is 52.4. The summed E-state index contributed by atoms with van der Waals surface area (Å²) in [6.45, 7) is 1.37. The summed E-state index contributed by atoms with van der Waals surface area (Å²) in [6.07, 6.45) is 1.85. The monoisotopic (exact) mass is 555 g/mol. The first-order valence-corrected chi connectivity index (χ1v) is 15.5. The van der Waals surface area contributed by atoms with Crippen LogP contribution < -0.4 is 20.8 Å². The summed E-state index contributed by atoms with van der Waals surface area (Å²) in [5, 5.41) is 5.30. The average molecular weight is 556 g/mol. The van der Waals surface area contributed by atoms with Gasteiger partial charge in [0.2, 0.25) is 0 Å². The number of hydrogen-bond donors (Lipinski definition) is 1. The van der Waals surface area contributed by atoms with Crippen molar-refractivity contribution in [2.45, 2.75) is 18.1 Å². The van der Waals surface area contributed by atoms with Crippen molar-refractivity contribution < 1.29 is 4.79 Å². The third-order valence-electron chi connectivity index (χ3n) is 7.72. The molecule has 1 atom stereocenters. The zero-order chi connectivity index (χ0) is 27.9. The van der Waals surface area contributed by atoms with Crippen LogP contribution in [0.2, 0.25) is 0 Å². The summed E-state index contributed by atoms with van der Waals surface area (Å²) in [5.41, 5.74) is 3.04. The molecule has 0 radical (unpaired) electrons. The van der Waals surface area contributed by atoms with Gasteiger partial charge in [0, 0.05) is 23.6 Å². The normalized spacial score (nSPS) is 16.5. The smallest absolute Gasteiger partial charge is 0.322 e. The molecule has 0 saturated carbocycles. The van der Waals surface area contributed by atoms with Gasteiger partial charge in [0.05, 0.1) is 11.8 Å². The van der Waals surface area contributed by atoms with Crippen LogP contribution in [0.25, 0.3) is 0 Å². The molecule has 5 aromatic carbocycles.